The molecule has 0 atom stereocenters. The number of aromatic nitrogens is 5. The Morgan fingerprint density at radius 1 is 0.680 bits per heavy atom. The first kappa shape index (κ1) is 35.3. The van der Waals surface area contributed by atoms with Gasteiger partial charge >= 0.3 is 21.1 Å². The van der Waals surface area contributed by atoms with Crippen LogP contribution in [-0.2, 0) is 37.3 Å². The fourth-order valence-corrected chi connectivity index (χ4v) is 6.48. The van der Waals surface area contributed by atoms with E-state index in [0.717, 1.165) is 55.7 Å². The SMILES string of the molecule is CC(C)(C)c1ccnc(-c2[c-]n(-c3ccccc3-[n+]3[c-]n(-c4cc(C(C)(C)C)cc(C(C)(C)C)c4O)c4ccccc43)c3ccncc23)c1.[Pt+2]. The van der Waals surface area contributed by atoms with Gasteiger partial charge in [0.1, 0.15) is 11.4 Å². The molecule has 4 heterocycles. The molecule has 0 aliphatic heterocycles. The third kappa shape index (κ3) is 6.19. The summed E-state index contributed by atoms with van der Waals surface area (Å²) in [7, 11) is 0. The van der Waals surface area contributed by atoms with Crippen LogP contribution in [0.2, 0.25) is 0 Å². The predicted octanol–water partition coefficient (Wildman–Crippen LogP) is 9.50. The topological polar surface area (TPSA) is 59.8 Å². The number of phenols is 1. The number of benzene rings is 3. The quantitative estimate of drug-likeness (QED) is 0.142. The van der Waals surface area contributed by atoms with Crippen LogP contribution in [0.4, 0.5) is 0 Å². The van der Waals surface area contributed by atoms with Crippen LogP contribution in [0.5, 0.6) is 5.75 Å². The molecule has 50 heavy (non-hydrogen) atoms. The zero-order chi connectivity index (χ0) is 34.9. The molecule has 0 amide bonds. The molecule has 7 rings (SSSR count). The van der Waals surface area contributed by atoms with Gasteiger partial charge < -0.3 is 9.67 Å². The van der Waals surface area contributed by atoms with E-state index in [1.807, 2.05) is 53.5 Å². The van der Waals surface area contributed by atoms with E-state index >= 15 is 0 Å². The van der Waals surface area contributed by atoms with Crippen LogP contribution in [0.1, 0.15) is 79.0 Å². The summed E-state index contributed by atoms with van der Waals surface area (Å²) < 4.78 is 6.19. The molecular formula is C43H44N5OPt+. The summed E-state index contributed by atoms with van der Waals surface area (Å²) in [5.41, 5.74) is 10.1. The van der Waals surface area contributed by atoms with Gasteiger partial charge in [-0.25, -0.2) is 0 Å². The Labute approximate surface area is 309 Å². The Morgan fingerprint density at radius 2 is 1.38 bits per heavy atom. The summed E-state index contributed by atoms with van der Waals surface area (Å²) in [6.45, 7) is 19.7. The van der Waals surface area contributed by atoms with E-state index in [1.54, 1.807) is 0 Å². The Kier molecular flexibility index (Phi) is 8.93. The van der Waals surface area contributed by atoms with Crippen LogP contribution in [0.15, 0.2) is 97.5 Å². The van der Waals surface area contributed by atoms with Gasteiger partial charge in [-0.3, -0.25) is 19.1 Å². The van der Waals surface area contributed by atoms with E-state index in [-0.39, 0.29) is 43.1 Å². The van der Waals surface area contributed by atoms with Crippen LogP contribution >= 0.6 is 0 Å². The summed E-state index contributed by atoms with van der Waals surface area (Å²) in [6, 6.07) is 27.1. The molecule has 1 N–H and O–H groups in total. The molecular weight excluding hydrogens is 798 g/mol. The number of nitrogens with zero attached hydrogens (tertiary/aromatic N) is 5. The van der Waals surface area contributed by atoms with E-state index < -0.39 is 0 Å². The van der Waals surface area contributed by atoms with Crippen molar-refractivity contribution >= 4 is 21.9 Å². The molecule has 0 fully saturated rings. The summed E-state index contributed by atoms with van der Waals surface area (Å²) in [5.74, 6) is 0.268. The number of rotatable bonds is 4. The van der Waals surface area contributed by atoms with Crippen molar-refractivity contribution in [3.63, 3.8) is 0 Å². The van der Waals surface area contributed by atoms with Crippen molar-refractivity contribution in [2.24, 2.45) is 0 Å². The van der Waals surface area contributed by atoms with Gasteiger partial charge in [0, 0.05) is 18.1 Å². The van der Waals surface area contributed by atoms with E-state index in [0.29, 0.717) is 5.69 Å². The number of phenolic OH excluding ortho intramolecular Hbond substituents is 1. The molecule has 0 saturated carbocycles. The number of pyridine rings is 2. The van der Waals surface area contributed by atoms with E-state index in [4.69, 9.17) is 4.98 Å². The van der Waals surface area contributed by atoms with E-state index in [1.165, 1.54) is 5.56 Å². The molecule has 0 radical (unpaired) electrons. The van der Waals surface area contributed by atoms with Crippen molar-refractivity contribution in [1.29, 1.82) is 0 Å². The predicted molar refractivity (Wildman–Crippen MR) is 198 cm³/mol. The van der Waals surface area contributed by atoms with Crippen LogP contribution in [0.3, 0.4) is 0 Å². The standard InChI is InChI=1S/C43H44N5O.Pt/c1-41(2,3)28-18-21-45-33(23-28)31-26-46(34-19-20-44-25-30(31)34)35-14-10-11-15-36(35)47-27-48(38-17-13-12-16-37(38)47)39-24-29(42(4,5)6)22-32(40(39)49)43(7,8)9;/h10-25,49H,1-9H3;/q-1;+2. The zero-order valence-corrected chi connectivity index (χ0v) is 32.5. The molecule has 4 aromatic heterocycles. The molecule has 3 aromatic carbocycles. The smallest absolute Gasteiger partial charge is 0.511 e. The van der Waals surface area contributed by atoms with Gasteiger partial charge in [-0.1, -0.05) is 140 Å². The van der Waals surface area contributed by atoms with Gasteiger partial charge in [0.05, 0.1) is 16.7 Å². The van der Waals surface area contributed by atoms with Gasteiger partial charge in [0.15, 0.2) is 0 Å². The van der Waals surface area contributed by atoms with Crippen molar-refractivity contribution in [1.82, 2.24) is 19.1 Å². The molecule has 7 heteroatoms. The monoisotopic (exact) mass is 841 g/mol. The molecule has 0 aliphatic rings. The molecule has 0 saturated heterocycles. The van der Waals surface area contributed by atoms with Crippen LogP contribution in [-0.4, -0.2) is 24.2 Å². The van der Waals surface area contributed by atoms with Crippen LogP contribution in [0.25, 0.3) is 50.3 Å². The second-order valence-electron chi connectivity index (χ2n) is 16.0. The number of imidazole rings is 1. The van der Waals surface area contributed by atoms with Crippen molar-refractivity contribution in [3.8, 4) is 34.1 Å². The van der Waals surface area contributed by atoms with Gasteiger partial charge in [-0.15, -0.1) is 0 Å². The third-order valence-corrected chi connectivity index (χ3v) is 9.35. The average molecular weight is 842 g/mol. The average Bonchev–Trinajstić information content (AvgIpc) is 3.63. The number of aromatic hydroxyl groups is 1. The molecule has 256 valence electrons. The van der Waals surface area contributed by atoms with Crippen molar-refractivity contribution in [3.05, 3.63) is 127 Å². The molecule has 0 aliphatic carbocycles. The van der Waals surface area contributed by atoms with Crippen LogP contribution in [0, 0.1) is 12.5 Å². The minimum absolute atomic E-state index is 0. The number of fused-ring (bicyclic) bond motifs is 2. The first-order valence-electron chi connectivity index (χ1n) is 16.9. The number of hydrogen-bond acceptors (Lipinski definition) is 3. The largest absolute Gasteiger partial charge is 2.00 e. The first-order valence-corrected chi connectivity index (χ1v) is 16.9. The fraction of sp³-hybridized carbons (Fsp3) is 0.279. The number of para-hydroxylation sites is 4. The van der Waals surface area contributed by atoms with Crippen molar-refractivity contribution < 1.29 is 30.7 Å². The fourth-order valence-electron chi connectivity index (χ4n) is 6.48. The minimum Gasteiger partial charge on any atom is -0.511 e. The van der Waals surface area contributed by atoms with Gasteiger partial charge in [-0.2, -0.15) is 0 Å². The summed E-state index contributed by atoms with van der Waals surface area (Å²) in [5, 5.41) is 12.8. The first-order chi connectivity index (χ1) is 23.1. The molecule has 0 spiro atoms. The Bertz CT molecular complexity index is 2360. The van der Waals surface area contributed by atoms with Gasteiger partial charge in [0.25, 0.3) is 6.33 Å². The Morgan fingerprint density at radius 3 is 2.10 bits per heavy atom. The van der Waals surface area contributed by atoms with E-state index in [2.05, 4.69) is 137 Å². The maximum Gasteiger partial charge on any atom is 2.00 e. The van der Waals surface area contributed by atoms with Gasteiger partial charge in [0.2, 0.25) is 0 Å². The summed E-state index contributed by atoms with van der Waals surface area (Å²) in [4.78, 5) is 9.28. The van der Waals surface area contributed by atoms with Crippen molar-refractivity contribution in [2.75, 3.05) is 0 Å². The Balaban J connectivity index is 0.00000432. The molecule has 7 aromatic rings. The molecule has 0 bridgehead atoms. The molecule has 0 unspecified atom stereocenters. The van der Waals surface area contributed by atoms with Gasteiger partial charge in [-0.05, 0) is 68.7 Å². The minimum atomic E-state index is -0.259. The second kappa shape index (κ2) is 12.7. The number of hydrogen-bond donors (Lipinski definition) is 1. The van der Waals surface area contributed by atoms with E-state index in [9.17, 15) is 5.11 Å². The maximum atomic E-state index is 11.9. The molecule has 6 nitrogen and oxygen atoms in total. The normalized spacial score (nSPS) is 12.4. The maximum absolute atomic E-state index is 11.9. The van der Waals surface area contributed by atoms with Crippen molar-refractivity contribution in [2.45, 2.75) is 78.6 Å². The zero-order valence-electron chi connectivity index (χ0n) is 30.2. The third-order valence-electron chi connectivity index (χ3n) is 9.35. The van der Waals surface area contributed by atoms with Crippen LogP contribution < -0.4 is 4.57 Å². The summed E-state index contributed by atoms with van der Waals surface area (Å²) >= 11 is 0. The Hall–Kier alpha value is -4.54. The summed E-state index contributed by atoms with van der Waals surface area (Å²) in [6.07, 6.45) is 13.0. The second-order valence-corrected chi connectivity index (χ2v) is 16.0.